The van der Waals surface area contributed by atoms with Crippen molar-refractivity contribution < 1.29 is 4.74 Å². The van der Waals surface area contributed by atoms with Crippen molar-refractivity contribution in [3.05, 3.63) is 12.4 Å². The Hall–Kier alpha value is -1.36. The van der Waals surface area contributed by atoms with Crippen LogP contribution in [0.4, 0.5) is 5.82 Å². The highest BCUT2D eigenvalue weighted by atomic mass is 16.5. The van der Waals surface area contributed by atoms with Gasteiger partial charge in [0.05, 0.1) is 6.61 Å². The van der Waals surface area contributed by atoms with E-state index in [0.29, 0.717) is 25.1 Å². The predicted octanol–water partition coefficient (Wildman–Crippen LogP) is 1.97. The fraction of sp³-hybridized carbons (Fsp3) is 0.714. The quantitative estimate of drug-likeness (QED) is 0.815. The lowest BCUT2D eigenvalue weighted by atomic mass is 10.2. The third-order valence-electron chi connectivity index (χ3n) is 3.51. The molecule has 0 amide bonds. The van der Waals surface area contributed by atoms with Crippen LogP contribution in [0.25, 0.3) is 0 Å². The van der Waals surface area contributed by atoms with Crippen molar-refractivity contribution >= 4 is 5.82 Å². The smallest absolute Gasteiger partial charge is 0.218 e. The molecule has 1 aromatic rings. The summed E-state index contributed by atoms with van der Waals surface area (Å²) in [5.41, 5.74) is 5.74. The van der Waals surface area contributed by atoms with Gasteiger partial charge in [0.1, 0.15) is 12.1 Å². The maximum atomic E-state index is 5.74. The van der Waals surface area contributed by atoms with E-state index in [1.54, 1.807) is 6.33 Å². The van der Waals surface area contributed by atoms with Gasteiger partial charge in [0.15, 0.2) is 0 Å². The molecule has 0 atom stereocenters. The van der Waals surface area contributed by atoms with Gasteiger partial charge in [-0.3, -0.25) is 0 Å². The molecule has 0 saturated heterocycles. The van der Waals surface area contributed by atoms with Gasteiger partial charge >= 0.3 is 0 Å². The highest BCUT2D eigenvalue weighted by molar-refractivity contribution is 5.42. The van der Waals surface area contributed by atoms with Gasteiger partial charge in [0.2, 0.25) is 5.88 Å². The van der Waals surface area contributed by atoms with E-state index in [1.165, 1.54) is 25.7 Å². The Labute approximate surface area is 115 Å². The predicted molar refractivity (Wildman–Crippen MR) is 76.5 cm³/mol. The topological polar surface area (TPSA) is 64.3 Å². The summed E-state index contributed by atoms with van der Waals surface area (Å²) in [4.78, 5) is 10.9. The van der Waals surface area contributed by atoms with Crippen molar-refractivity contribution in [1.29, 1.82) is 0 Å². The van der Waals surface area contributed by atoms with E-state index in [9.17, 15) is 0 Å². The highest BCUT2D eigenvalue weighted by Gasteiger charge is 2.23. The SMILES string of the molecule is CCCOc1cc(N(CCN)C2CCCC2)ncn1. The molecule has 0 aromatic carbocycles. The van der Waals surface area contributed by atoms with Crippen LogP contribution in [0, 0.1) is 0 Å². The summed E-state index contributed by atoms with van der Waals surface area (Å²) < 4.78 is 5.58. The Bertz CT molecular complexity index is 379. The summed E-state index contributed by atoms with van der Waals surface area (Å²) >= 11 is 0. The van der Waals surface area contributed by atoms with Crippen LogP contribution < -0.4 is 15.4 Å². The molecule has 1 aliphatic carbocycles. The van der Waals surface area contributed by atoms with E-state index >= 15 is 0 Å². The lowest BCUT2D eigenvalue weighted by molar-refractivity contribution is 0.304. The first-order valence-electron chi connectivity index (χ1n) is 7.26. The summed E-state index contributed by atoms with van der Waals surface area (Å²) in [6.07, 6.45) is 7.63. The second-order valence-electron chi connectivity index (χ2n) is 4.98. The molecule has 1 aromatic heterocycles. The Morgan fingerprint density at radius 1 is 1.37 bits per heavy atom. The van der Waals surface area contributed by atoms with Crippen LogP contribution in [0.15, 0.2) is 12.4 Å². The molecule has 0 aliphatic heterocycles. The van der Waals surface area contributed by atoms with E-state index in [0.717, 1.165) is 18.8 Å². The molecule has 2 N–H and O–H groups in total. The average Bonchev–Trinajstić information content (AvgIpc) is 2.96. The minimum atomic E-state index is 0.567. The van der Waals surface area contributed by atoms with Crippen LogP contribution >= 0.6 is 0 Å². The van der Waals surface area contributed by atoms with Crippen molar-refractivity contribution in [2.45, 2.75) is 45.1 Å². The number of hydrogen-bond acceptors (Lipinski definition) is 5. The van der Waals surface area contributed by atoms with E-state index < -0.39 is 0 Å². The lowest BCUT2D eigenvalue weighted by Gasteiger charge is -2.29. The summed E-state index contributed by atoms with van der Waals surface area (Å²) in [6.45, 7) is 4.26. The molecule has 0 unspecified atom stereocenters. The lowest BCUT2D eigenvalue weighted by Crippen LogP contribution is -2.38. The number of nitrogens with two attached hydrogens (primary N) is 1. The molecule has 106 valence electrons. The van der Waals surface area contributed by atoms with Gasteiger partial charge in [-0.2, -0.15) is 0 Å². The number of hydrogen-bond donors (Lipinski definition) is 1. The van der Waals surface area contributed by atoms with Crippen molar-refractivity contribution in [3.63, 3.8) is 0 Å². The Morgan fingerprint density at radius 3 is 2.84 bits per heavy atom. The van der Waals surface area contributed by atoms with Gasteiger partial charge in [0, 0.05) is 25.2 Å². The van der Waals surface area contributed by atoms with Gasteiger partial charge in [0.25, 0.3) is 0 Å². The summed E-state index contributed by atoms with van der Waals surface area (Å²) in [6, 6.07) is 2.50. The molecule has 19 heavy (non-hydrogen) atoms. The maximum absolute atomic E-state index is 5.74. The largest absolute Gasteiger partial charge is 0.478 e. The van der Waals surface area contributed by atoms with Crippen LogP contribution in [-0.4, -0.2) is 35.7 Å². The zero-order chi connectivity index (χ0) is 13.5. The molecule has 0 radical (unpaired) electrons. The van der Waals surface area contributed by atoms with Gasteiger partial charge in [-0.1, -0.05) is 19.8 Å². The van der Waals surface area contributed by atoms with E-state index in [2.05, 4.69) is 21.8 Å². The standard InChI is InChI=1S/C14H24N4O/c1-2-9-19-14-10-13(16-11-17-14)18(8-7-15)12-5-3-4-6-12/h10-12H,2-9,15H2,1H3. The zero-order valence-corrected chi connectivity index (χ0v) is 11.7. The first-order chi connectivity index (χ1) is 9.35. The highest BCUT2D eigenvalue weighted by Crippen LogP contribution is 2.27. The molecule has 1 heterocycles. The van der Waals surface area contributed by atoms with Crippen molar-refractivity contribution in [2.24, 2.45) is 5.73 Å². The van der Waals surface area contributed by atoms with Crippen molar-refractivity contribution in [3.8, 4) is 5.88 Å². The number of anilines is 1. The molecule has 5 nitrogen and oxygen atoms in total. The average molecular weight is 264 g/mol. The molecule has 0 spiro atoms. The van der Waals surface area contributed by atoms with Crippen molar-refractivity contribution in [2.75, 3.05) is 24.6 Å². The fourth-order valence-electron chi connectivity index (χ4n) is 2.61. The third kappa shape index (κ3) is 3.80. The molecule has 1 fully saturated rings. The number of nitrogens with zero attached hydrogens (tertiary/aromatic N) is 3. The van der Waals surface area contributed by atoms with Gasteiger partial charge in [-0.25, -0.2) is 9.97 Å². The number of rotatable bonds is 7. The maximum Gasteiger partial charge on any atom is 0.218 e. The second-order valence-corrected chi connectivity index (χ2v) is 4.98. The first kappa shape index (κ1) is 14.1. The molecule has 2 rings (SSSR count). The molecule has 1 aliphatic rings. The van der Waals surface area contributed by atoms with E-state index in [1.807, 2.05) is 6.07 Å². The van der Waals surface area contributed by atoms with Crippen molar-refractivity contribution in [1.82, 2.24) is 9.97 Å². The van der Waals surface area contributed by atoms with Crippen LogP contribution in [0.2, 0.25) is 0 Å². The van der Waals surface area contributed by atoms with Crippen LogP contribution in [0.3, 0.4) is 0 Å². The number of ether oxygens (including phenoxy) is 1. The van der Waals surface area contributed by atoms with Gasteiger partial charge in [-0.05, 0) is 19.3 Å². The minimum Gasteiger partial charge on any atom is -0.478 e. The van der Waals surface area contributed by atoms with Gasteiger partial charge < -0.3 is 15.4 Å². The number of aromatic nitrogens is 2. The third-order valence-corrected chi connectivity index (χ3v) is 3.51. The molecular formula is C14H24N4O. The Morgan fingerprint density at radius 2 is 2.16 bits per heavy atom. The molecular weight excluding hydrogens is 240 g/mol. The normalized spacial score (nSPS) is 15.7. The first-order valence-corrected chi connectivity index (χ1v) is 7.26. The molecule has 1 saturated carbocycles. The Kier molecular flexibility index (Phi) is 5.39. The van der Waals surface area contributed by atoms with E-state index in [4.69, 9.17) is 10.5 Å². The second kappa shape index (κ2) is 7.28. The van der Waals surface area contributed by atoms with Crippen LogP contribution in [0.5, 0.6) is 5.88 Å². The zero-order valence-electron chi connectivity index (χ0n) is 11.7. The summed E-state index contributed by atoms with van der Waals surface area (Å²) in [5.74, 6) is 1.60. The summed E-state index contributed by atoms with van der Waals surface area (Å²) in [5, 5.41) is 0. The monoisotopic (exact) mass is 264 g/mol. The molecule has 5 heteroatoms. The fourth-order valence-corrected chi connectivity index (χ4v) is 2.61. The van der Waals surface area contributed by atoms with Gasteiger partial charge in [-0.15, -0.1) is 0 Å². The minimum absolute atomic E-state index is 0.567. The summed E-state index contributed by atoms with van der Waals surface area (Å²) in [7, 11) is 0. The molecule has 0 bridgehead atoms. The Balaban J connectivity index is 2.11. The van der Waals surface area contributed by atoms with E-state index in [-0.39, 0.29) is 0 Å². The van der Waals surface area contributed by atoms with Crippen LogP contribution in [0.1, 0.15) is 39.0 Å². The van der Waals surface area contributed by atoms with Crippen LogP contribution in [-0.2, 0) is 0 Å².